The van der Waals surface area contributed by atoms with Crippen LogP contribution in [0.25, 0.3) is 0 Å². The molecule has 1 fully saturated rings. The Kier molecular flexibility index (Phi) is 8.61. The van der Waals surface area contributed by atoms with Gasteiger partial charge in [0.1, 0.15) is 23.9 Å². The van der Waals surface area contributed by atoms with Crippen LogP contribution in [-0.2, 0) is 22.6 Å². The van der Waals surface area contributed by atoms with Crippen molar-refractivity contribution in [1.29, 1.82) is 0 Å². The van der Waals surface area contributed by atoms with E-state index in [9.17, 15) is 14.0 Å². The molecule has 1 aliphatic heterocycles. The van der Waals surface area contributed by atoms with Crippen molar-refractivity contribution in [3.8, 4) is 0 Å². The van der Waals surface area contributed by atoms with Gasteiger partial charge in [0.05, 0.1) is 12.6 Å². The molecule has 2 heterocycles. The fraction of sp³-hybridized carbons (Fsp3) is 0.333. The molecule has 36 heavy (non-hydrogen) atoms. The number of furan rings is 1. The molecule has 0 aliphatic carbocycles. The SMILES string of the molecule is Cc1ccc(CN(Cc2ccc(F)cc2)C(=O)CN(CC2CCCO2)C(=O)Nc2ccc(Cl)cc2)o1. The van der Waals surface area contributed by atoms with Crippen LogP contribution >= 0.6 is 11.6 Å². The number of aryl methyl sites for hydroxylation is 1. The Hall–Kier alpha value is -3.36. The van der Waals surface area contributed by atoms with E-state index in [-0.39, 0.29) is 44.0 Å². The third-order valence-corrected chi connectivity index (χ3v) is 6.19. The van der Waals surface area contributed by atoms with Crippen molar-refractivity contribution in [2.75, 3.05) is 25.0 Å². The van der Waals surface area contributed by atoms with Crippen LogP contribution in [0.2, 0.25) is 5.02 Å². The van der Waals surface area contributed by atoms with E-state index in [0.717, 1.165) is 24.2 Å². The number of anilines is 1. The molecule has 190 valence electrons. The lowest BCUT2D eigenvalue weighted by Crippen LogP contribution is -2.46. The van der Waals surface area contributed by atoms with Gasteiger partial charge in [-0.3, -0.25) is 4.79 Å². The first-order valence-corrected chi connectivity index (χ1v) is 12.2. The first-order valence-electron chi connectivity index (χ1n) is 11.9. The van der Waals surface area contributed by atoms with Gasteiger partial charge in [-0.2, -0.15) is 0 Å². The summed E-state index contributed by atoms with van der Waals surface area (Å²) in [5.74, 6) is 0.748. The maximum absolute atomic E-state index is 13.5. The lowest BCUT2D eigenvalue weighted by molar-refractivity contribution is -0.133. The normalized spacial score (nSPS) is 15.0. The molecule has 0 bridgehead atoms. The number of amides is 3. The molecular formula is C27H29ClFN3O4. The summed E-state index contributed by atoms with van der Waals surface area (Å²) in [6.07, 6.45) is 1.61. The van der Waals surface area contributed by atoms with Crippen LogP contribution in [0, 0.1) is 12.7 Å². The number of hydrogen-bond donors (Lipinski definition) is 1. The van der Waals surface area contributed by atoms with Gasteiger partial charge in [0.2, 0.25) is 5.91 Å². The molecule has 3 aromatic rings. The summed E-state index contributed by atoms with van der Waals surface area (Å²) < 4.78 is 24.8. The smallest absolute Gasteiger partial charge is 0.322 e. The summed E-state index contributed by atoms with van der Waals surface area (Å²) in [4.78, 5) is 29.8. The molecule has 2 aromatic carbocycles. The van der Waals surface area contributed by atoms with Crippen LogP contribution in [0.5, 0.6) is 0 Å². The molecule has 3 amide bonds. The standard InChI is InChI=1S/C27H29ClFN3O4/c1-19-4-13-25(36-19)17-31(15-20-5-9-22(29)10-6-20)26(33)18-32(16-24-3-2-14-35-24)27(34)30-23-11-7-21(28)8-12-23/h4-13,24H,2-3,14-18H2,1H3,(H,30,34). The maximum atomic E-state index is 13.5. The molecular weight excluding hydrogens is 485 g/mol. The average Bonchev–Trinajstić information content (AvgIpc) is 3.52. The van der Waals surface area contributed by atoms with Crippen molar-refractivity contribution >= 4 is 29.2 Å². The largest absolute Gasteiger partial charge is 0.464 e. The number of urea groups is 1. The van der Waals surface area contributed by atoms with Gasteiger partial charge in [0.15, 0.2) is 0 Å². The van der Waals surface area contributed by atoms with Crippen LogP contribution in [0.3, 0.4) is 0 Å². The van der Waals surface area contributed by atoms with Gasteiger partial charge in [-0.1, -0.05) is 23.7 Å². The minimum Gasteiger partial charge on any atom is -0.464 e. The van der Waals surface area contributed by atoms with Crippen LogP contribution < -0.4 is 5.32 Å². The summed E-state index contributed by atoms with van der Waals surface area (Å²) in [6, 6.07) is 16.0. The summed E-state index contributed by atoms with van der Waals surface area (Å²) in [5, 5.41) is 3.40. The highest BCUT2D eigenvalue weighted by molar-refractivity contribution is 6.30. The average molecular weight is 514 g/mol. The van der Waals surface area contributed by atoms with Crippen LogP contribution in [0.4, 0.5) is 14.9 Å². The summed E-state index contributed by atoms with van der Waals surface area (Å²) in [7, 11) is 0. The van der Waals surface area contributed by atoms with Crippen molar-refractivity contribution in [3.63, 3.8) is 0 Å². The molecule has 0 spiro atoms. The molecule has 7 nitrogen and oxygen atoms in total. The Morgan fingerprint density at radius 1 is 1.03 bits per heavy atom. The molecule has 0 saturated carbocycles. The molecule has 4 rings (SSSR count). The zero-order chi connectivity index (χ0) is 25.5. The van der Waals surface area contributed by atoms with Crippen molar-refractivity contribution in [1.82, 2.24) is 9.80 Å². The van der Waals surface area contributed by atoms with E-state index in [1.54, 1.807) is 41.3 Å². The third-order valence-electron chi connectivity index (χ3n) is 5.94. The number of carbonyl (C=O) groups excluding carboxylic acids is 2. The number of halogens is 2. The first-order chi connectivity index (χ1) is 17.4. The van der Waals surface area contributed by atoms with E-state index in [4.69, 9.17) is 20.8 Å². The summed E-state index contributed by atoms with van der Waals surface area (Å²) in [6.45, 7) is 3.07. The number of carbonyl (C=O) groups is 2. The summed E-state index contributed by atoms with van der Waals surface area (Å²) >= 11 is 5.95. The fourth-order valence-electron chi connectivity index (χ4n) is 4.05. The molecule has 1 unspecified atom stereocenters. The fourth-order valence-corrected chi connectivity index (χ4v) is 4.18. The Morgan fingerprint density at radius 3 is 2.42 bits per heavy atom. The van der Waals surface area contributed by atoms with E-state index in [0.29, 0.717) is 23.1 Å². The van der Waals surface area contributed by atoms with Gasteiger partial charge in [-0.25, -0.2) is 9.18 Å². The predicted molar refractivity (Wildman–Crippen MR) is 135 cm³/mol. The van der Waals surface area contributed by atoms with Crippen LogP contribution in [-0.4, -0.2) is 47.5 Å². The molecule has 1 aliphatic rings. The molecule has 9 heteroatoms. The quantitative estimate of drug-likeness (QED) is 0.403. The third kappa shape index (κ3) is 7.32. The van der Waals surface area contributed by atoms with Gasteiger partial charge in [-0.15, -0.1) is 0 Å². The molecule has 1 saturated heterocycles. The van der Waals surface area contributed by atoms with E-state index in [2.05, 4.69) is 5.32 Å². The highest BCUT2D eigenvalue weighted by Gasteiger charge is 2.27. The number of nitrogens with one attached hydrogen (secondary N) is 1. The van der Waals surface area contributed by atoms with Gasteiger partial charge < -0.3 is 24.3 Å². The lowest BCUT2D eigenvalue weighted by atomic mass is 10.2. The monoisotopic (exact) mass is 513 g/mol. The number of benzene rings is 2. The number of nitrogens with zero attached hydrogens (tertiary/aromatic N) is 2. The molecule has 1 atom stereocenters. The highest BCUT2D eigenvalue weighted by Crippen LogP contribution is 2.18. The van der Waals surface area contributed by atoms with E-state index < -0.39 is 6.03 Å². The zero-order valence-electron chi connectivity index (χ0n) is 20.1. The van der Waals surface area contributed by atoms with Crippen molar-refractivity contribution < 1.29 is 23.1 Å². The van der Waals surface area contributed by atoms with Gasteiger partial charge >= 0.3 is 6.03 Å². The number of hydrogen-bond acceptors (Lipinski definition) is 4. The molecule has 0 radical (unpaired) electrons. The predicted octanol–water partition coefficient (Wildman–Crippen LogP) is 5.62. The van der Waals surface area contributed by atoms with Gasteiger partial charge in [-0.05, 0) is 73.9 Å². The number of rotatable bonds is 9. The molecule has 1 aromatic heterocycles. The van der Waals surface area contributed by atoms with E-state index in [1.807, 2.05) is 19.1 Å². The van der Waals surface area contributed by atoms with Gasteiger partial charge in [0, 0.05) is 30.4 Å². The highest BCUT2D eigenvalue weighted by atomic mass is 35.5. The van der Waals surface area contributed by atoms with Crippen LogP contribution in [0.1, 0.15) is 29.9 Å². The topological polar surface area (TPSA) is 75.0 Å². The van der Waals surface area contributed by atoms with Gasteiger partial charge in [0.25, 0.3) is 0 Å². The second-order valence-electron chi connectivity index (χ2n) is 8.84. The molecule has 1 N–H and O–H groups in total. The Balaban J connectivity index is 1.51. The Bertz CT molecular complexity index is 1160. The van der Waals surface area contributed by atoms with Crippen molar-refractivity contribution in [3.05, 3.63) is 88.6 Å². The number of ether oxygens (including phenoxy) is 1. The maximum Gasteiger partial charge on any atom is 0.322 e. The second-order valence-corrected chi connectivity index (χ2v) is 9.28. The van der Waals surface area contributed by atoms with Crippen molar-refractivity contribution in [2.24, 2.45) is 0 Å². The Labute approximate surface area is 214 Å². The summed E-state index contributed by atoms with van der Waals surface area (Å²) in [5.41, 5.74) is 1.34. The van der Waals surface area contributed by atoms with Crippen LogP contribution in [0.15, 0.2) is 65.1 Å². The Morgan fingerprint density at radius 2 is 1.78 bits per heavy atom. The van der Waals surface area contributed by atoms with Crippen molar-refractivity contribution in [2.45, 2.75) is 39.0 Å². The first kappa shape index (κ1) is 25.7. The minimum atomic E-state index is -0.406. The lowest BCUT2D eigenvalue weighted by Gasteiger charge is -2.29. The second kappa shape index (κ2) is 12.1. The van der Waals surface area contributed by atoms with E-state index in [1.165, 1.54) is 17.0 Å². The zero-order valence-corrected chi connectivity index (χ0v) is 20.8. The minimum absolute atomic E-state index is 0.132. The van der Waals surface area contributed by atoms with E-state index >= 15 is 0 Å².